The van der Waals surface area contributed by atoms with Crippen LogP contribution in [0.4, 0.5) is 4.79 Å². The summed E-state index contributed by atoms with van der Waals surface area (Å²) in [4.78, 5) is 27.9. The summed E-state index contributed by atoms with van der Waals surface area (Å²) in [5.74, 6) is 0.0421. The second-order valence-corrected chi connectivity index (χ2v) is 7.17. The summed E-state index contributed by atoms with van der Waals surface area (Å²) in [7, 11) is 0. The first-order valence-electron chi connectivity index (χ1n) is 8.47. The van der Waals surface area contributed by atoms with E-state index >= 15 is 0 Å². The molecule has 5 heteroatoms. The molecule has 2 aromatic rings. The Morgan fingerprint density at radius 3 is 2.40 bits per heavy atom. The molecule has 25 heavy (non-hydrogen) atoms. The largest absolute Gasteiger partial charge is 0.331 e. The molecule has 0 N–H and O–H groups in total. The minimum absolute atomic E-state index is 0.0421. The average molecular weight is 355 g/mol. The van der Waals surface area contributed by atoms with Crippen LogP contribution in [0.2, 0.25) is 0 Å². The minimum atomic E-state index is -0.453. The van der Waals surface area contributed by atoms with E-state index in [-0.39, 0.29) is 11.9 Å². The Morgan fingerprint density at radius 1 is 0.960 bits per heavy atom. The Kier molecular flexibility index (Phi) is 4.00. The van der Waals surface area contributed by atoms with Gasteiger partial charge in [0.15, 0.2) is 0 Å². The van der Waals surface area contributed by atoms with Gasteiger partial charge in [-0.3, -0.25) is 9.59 Å². The minimum Gasteiger partial charge on any atom is -0.331 e. The molecule has 0 aromatic heterocycles. The van der Waals surface area contributed by atoms with Crippen molar-refractivity contribution in [3.8, 4) is 0 Å². The molecule has 0 saturated heterocycles. The number of nitrogens with zero attached hydrogens (tertiary/aromatic N) is 2. The summed E-state index contributed by atoms with van der Waals surface area (Å²) in [6, 6.07) is 14.2. The molecular weight excluding hydrogens is 336 g/mol. The molecule has 128 valence electrons. The monoisotopic (exact) mass is 354 g/mol. The van der Waals surface area contributed by atoms with Crippen LogP contribution in [0.1, 0.15) is 39.5 Å². The molecule has 0 fully saturated rings. The van der Waals surface area contributed by atoms with Gasteiger partial charge in [-0.25, -0.2) is 0 Å². The van der Waals surface area contributed by atoms with Crippen LogP contribution in [0.3, 0.4) is 0 Å². The molecule has 2 aliphatic heterocycles. The van der Waals surface area contributed by atoms with Gasteiger partial charge in [0.1, 0.15) is 0 Å². The number of rotatable bonds is 1. The van der Waals surface area contributed by atoms with Crippen molar-refractivity contribution in [2.45, 2.75) is 39.0 Å². The Labute approximate surface area is 152 Å². The molecule has 0 aliphatic carbocycles. The molecular formula is C20H19ClN2O2. The van der Waals surface area contributed by atoms with Crippen molar-refractivity contribution in [2.24, 2.45) is 0 Å². The maximum atomic E-state index is 13.1. The van der Waals surface area contributed by atoms with E-state index in [0.29, 0.717) is 25.2 Å². The lowest BCUT2D eigenvalue weighted by Gasteiger charge is -2.35. The zero-order chi connectivity index (χ0) is 17.6. The standard InChI is InChI=1S/C20H19ClN2O2/c1-13-8-14-4-2-3-5-16(14)12-23(13)19(24)15-6-7-17-10-22(20(21)25)11-18(17)9-15/h2-7,9,13H,8,10-12H2,1H3/t13-/m1/s1. The van der Waals surface area contributed by atoms with Crippen molar-refractivity contribution in [3.63, 3.8) is 0 Å². The van der Waals surface area contributed by atoms with Crippen molar-refractivity contribution in [1.82, 2.24) is 9.80 Å². The van der Waals surface area contributed by atoms with Gasteiger partial charge in [-0.05, 0) is 59.3 Å². The van der Waals surface area contributed by atoms with E-state index in [2.05, 4.69) is 19.1 Å². The van der Waals surface area contributed by atoms with Gasteiger partial charge in [-0.1, -0.05) is 30.3 Å². The predicted molar refractivity (Wildman–Crippen MR) is 96.4 cm³/mol. The number of fused-ring (bicyclic) bond motifs is 2. The molecule has 0 unspecified atom stereocenters. The molecule has 0 spiro atoms. The van der Waals surface area contributed by atoms with E-state index in [1.54, 1.807) is 4.90 Å². The SMILES string of the molecule is C[C@@H]1Cc2ccccc2CN1C(=O)c1ccc2c(c1)CN(C(=O)Cl)C2. The van der Waals surface area contributed by atoms with E-state index in [0.717, 1.165) is 17.5 Å². The Morgan fingerprint density at radius 2 is 1.64 bits per heavy atom. The van der Waals surface area contributed by atoms with Gasteiger partial charge in [0, 0.05) is 31.2 Å². The maximum Gasteiger partial charge on any atom is 0.316 e. The van der Waals surface area contributed by atoms with E-state index < -0.39 is 5.37 Å². The number of halogens is 1. The average Bonchev–Trinajstić information content (AvgIpc) is 3.04. The van der Waals surface area contributed by atoms with E-state index in [9.17, 15) is 9.59 Å². The van der Waals surface area contributed by atoms with Crippen LogP contribution in [-0.4, -0.2) is 27.1 Å². The Balaban J connectivity index is 1.58. The third kappa shape index (κ3) is 2.91. The number of benzene rings is 2. The lowest BCUT2D eigenvalue weighted by molar-refractivity contribution is 0.0658. The number of amides is 2. The topological polar surface area (TPSA) is 40.6 Å². The van der Waals surface area contributed by atoms with Gasteiger partial charge in [0.05, 0.1) is 0 Å². The fraction of sp³-hybridized carbons (Fsp3) is 0.300. The quantitative estimate of drug-likeness (QED) is 0.574. The van der Waals surface area contributed by atoms with Crippen molar-refractivity contribution >= 4 is 22.9 Å². The highest BCUT2D eigenvalue weighted by atomic mass is 35.5. The van der Waals surface area contributed by atoms with Gasteiger partial charge < -0.3 is 9.80 Å². The first kappa shape index (κ1) is 16.2. The molecule has 1 atom stereocenters. The summed E-state index contributed by atoms with van der Waals surface area (Å²) >= 11 is 5.58. The van der Waals surface area contributed by atoms with E-state index in [4.69, 9.17) is 11.6 Å². The van der Waals surface area contributed by atoms with Gasteiger partial charge in [0.2, 0.25) is 0 Å². The van der Waals surface area contributed by atoms with Crippen LogP contribution < -0.4 is 0 Å². The van der Waals surface area contributed by atoms with Gasteiger partial charge in [-0.15, -0.1) is 0 Å². The highest BCUT2D eigenvalue weighted by molar-refractivity contribution is 6.62. The van der Waals surface area contributed by atoms with Gasteiger partial charge >= 0.3 is 5.37 Å². The first-order chi connectivity index (χ1) is 12.0. The molecule has 2 aromatic carbocycles. The third-order valence-corrected chi connectivity index (χ3v) is 5.43. The van der Waals surface area contributed by atoms with Gasteiger partial charge in [0.25, 0.3) is 5.91 Å². The zero-order valence-corrected chi connectivity index (χ0v) is 14.8. The molecule has 0 radical (unpaired) electrons. The van der Waals surface area contributed by atoms with Crippen molar-refractivity contribution in [2.75, 3.05) is 0 Å². The fourth-order valence-corrected chi connectivity index (χ4v) is 3.89. The highest BCUT2D eigenvalue weighted by Crippen LogP contribution is 2.28. The van der Waals surface area contributed by atoms with Crippen LogP contribution in [-0.2, 0) is 26.1 Å². The van der Waals surface area contributed by atoms with Gasteiger partial charge in [-0.2, -0.15) is 0 Å². The highest BCUT2D eigenvalue weighted by Gasteiger charge is 2.29. The van der Waals surface area contributed by atoms with Crippen molar-refractivity contribution < 1.29 is 9.59 Å². The molecule has 0 saturated carbocycles. The van der Waals surface area contributed by atoms with E-state index in [1.165, 1.54) is 11.1 Å². The molecule has 0 bridgehead atoms. The Bertz CT molecular complexity index is 865. The Hall–Kier alpha value is -2.33. The lowest BCUT2D eigenvalue weighted by Crippen LogP contribution is -2.42. The van der Waals surface area contributed by atoms with Crippen LogP contribution in [0.25, 0.3) is 0 Å². The second-order valence-electron chi connectivity index (χ2n) is 6.85. The van der Waals surface area contributed by atoms with Crippen LogP contribution in [0.15, 0.2) is 42.5 Å². The summed E-state index contributed by atoms with van der Waals surface area (Å²) in [6.45, 7) is 3.71. The predicted octanol–water partition coefficient (Wildman–Crippen LogP) is 3.95. The van der Waals surface area contributed by atoms with Crippen molar-refractivity contribution in [3.05, 3.63) is 70.3 Å². The molecule has 2 aliphatic rings. The second kappa shape index (κ2) is 6.19. The van der Waals surface area contributed by atoms with Crippen LogP contribution in [0, 0.1) is 0 Å². The number of hydrogen-bond donors (Lipinski definition) is 0. The maximum absolute atomic E-state index is 13.1. The summed E-state index contributed by atoms with van der Waals surface area (Å²) in [5.41, 5.74) is 5.28. The summed E-state index contributed by atoms with van der Waals surface area (Å²) < 4.78 is 0. The smallest absolute Gasteiger partial charge is 0.316 e. The number of carbonyl (C=O) groups is 2. The fourth-order valence-electron chi connectivity index (χ4n) is 3.77. The zero-order valence-electron chi connectivity index (χ0n) is 14.0. The van der Waals surface area contributed by atoms with Crippen molar-refractivity contribution in [1.29, 1.82) is 0 Å². The third-order valence-electron chi connectivity index (χ3n) is 5.19. The van der Waals surface area contributed by atoms with E-state index in [1.807, 2.05) is 35.2 Å². The molecule has 4 rings (SSSR count). The van der Waals surface area contributed by atoms with Crippen LogP contribution in [0.5, 0.6) is 0 Å². The number of hydrogen-bond acceptors (Lipinski definition) is 2. The first-order valence-corrected chi connectivity index (χ1v) is 8.84. The number of carbonyl (C=O) groups excluding carboxylic acids is 2. The molecule has 2 heterocycles. The molecule has 4 nitrogen and oxygen atoms in total. The van der Waals surface area contributed by atoms with Crippen LogP contribution >= 0.6 is 11.6 Å². The summed E-state index contributed by atoms with van der Waals surface area (Å²) in [5, 5.41) is -0.453. The molecule has 2 amide bonds. The summed E-state index contributed by atoms with van der Waals surface area (Å²) in [6.07, 6.45) is 0.876. The lowest BCUT2D eigenvalue weighted by atomic mass is 9.94. The normalized spacial score (nSPS) is 18.7.